The summed E-state index contributed by atoms with van der Waals surface area (Å²) in [6, 6.07) is 9.93. The summed E-state index contributed by atoms with van der Waals surface area (Å²) in [6.45, 7) is 3.51. The van der Waals surface area contributed by atoms with Crippen molar-refractivity contribution in [2.45, 2.75) is 19.4 Å². The molecule has 0 heterocycles. The van der Waals surface area contributed by atoms with Crippen molar-refractivity contribution in [1.29, 1.82) is 0 Å². The van der Waals surface area contributed by atoms with E-state index < -0.39 is 5.60 Å². The summed E-state index contributed by atoms with van der Waals surface area (Å²) in [5.41, 5.74) is 0.384. The van der Waals surface area contributed by atoms with Gasteiger partial charge in [-0.15, -0.1) is 0 Å². The van der Waals surface area contributed by atoms with Gasteiger partial charge in [0.1, 0.15) is 0 Å². The Hall–Kier alpha value is -1.08. The minimum Gasteiger partial charge on any atom is -0.386 e. The minimum atomic E-state index is -0.726. The van der Waals surface area contributed by atoms with Gasteiger partial charge >= 0.3 is 0 Å². The third-order valence-electron chi connectivity index (χ3n) is 1.48. The lowest BCUT2D eigenvalue weighted by Crippen LogP contribution is -2.13. The van der Waals surface area contributed by atoms with Crippen molar-refractivity contribution in [1.82, 2.24) is 0 Å². The zero-order valence-corrected chi connectivity index (χ0v) is 7.49. The van der Waals surface area contributed by atoms with E-state index in [0.29, 0.717) is 0 Å². The molecule has 1 heteroatoms. The first-order valence-corrected chi connectivity index (χ1v) is 4.04. The Labute approximate surface area is 73.4 Å². The molecule has 1 N–H and O–H groups in total. The monoisotopic (exact) mass is 162 g/mol. The molecule has 0 unspecified atom stereocenters. The van der Waals surface area contributed by atoms with Crippen LogP contribution in [0, 0.1) is 0 Å². The van der Waals surface area contributed by atoms with Crippen LogP contribution in [0.15, 0.2) is 36.4 Å². The molecule has 0 spiro atoms. The summed E-state index contributed by atoms with van der Waals surface area (Å²) >= 11 is 0. The molecule has 0 bridgehead atoms. The van der Waals surface area contributed by atoms with Crippen LogP contribution in [-0.4, -0.2) is 10.7 Å². The Bertz CT molecular complexity index is 254. The maximum Gasteiger partial charge on any atom is 0.0774 e. The van der Waals surface area contributed by atoms with Gasteiger partial charge in [0.25, 0.3) is 0 Å². The molecule has 0 aliphatic heterocycles. The van der Waals surface area contributed by atoms with Gasteiger partial charge in [-0.2, -0.15) is 0 Å². The van der Waals surface area contributed by atoms with Gasteiger partial charge in [0.05, 0.1) is 5.60 Å². The minimum absolute atomic E-state index is 0.726. The lowest BCUT2D eigenvalue weighted by Gasteiger charge is -2.09. The van der Waals surface area contributed by atoms with Gasteiger partial charge in [-0.25, -0.2) is 0 Å². The fourth-order valence-electron chi connectivity index (χ4n) is 0.864. The van der Waals surface area contributed by atoms with Crippen LogP contribution in [0.4, 0.5) is 0 Å². The second-order valence-corrected chi connectivity index (χ2v) is 3.40. The number of rotatable bonds is 2. The van der Waals surface area contributed by atoms with E-state index in [0.717, 1.165) is 5.56 Å². The molecule has 0 amide bonds. The van der Waals surface area contributed by atoms with Crippen LogP contribution >= 0.6 is 0 Å². The SMILES string of the molecule is CC(C)(O)/C=C\c1ccccc1. The summed E-state index contributed by atoms with van der Waals surface area (Å²) in [6.07, 6.45) is 3.70. The molecule has 0 saturated carbocycles. The highest BCUT2D eigenvalue weighted by molar-refractivity contribution is 5.49. The average Bonchev–Trinajstić information content (AvgIpc) is 2.02. The standard InChI is InChI=1S/C11H14O/c1-11(2,12)9-8-10-6-4-3-5-7-10/h3-9,12H,1-2H3/b9-8-. The van der Waals surface area contributed by atoms with Crippen molar-refractivity contribution < 1.29 is 5.11 Å². The van der Waals surface area contributed by atoms with Gasteiger partial charge in [0.2, 0.25) is 0 Å². The quantitative estimate of drug-likeness (QED) is 0.708. The number of hydrogen-bond acceptors (Lipinski definition) is 1. The van der Waals surface area contributed by atoms with E-state index in [1.54, 1.807) is 19.9 Å². The molecule has 64 valence electrons. The molecule has 0 saturated heterocycles. The molecule has 1 nitrogen and oxygen atoms in total. The van der Waals surface area contributed by atoms with E-state index in [-0.39, 0.29) is 0 Å². The highest BCUT2D eigenvalue weighted by Gasteiger charge is 2.04. The summed E-state index contributed by atoms with van der Waals surface area (Å²) in [4.78, 5) is 0. The van der Waals surface area contributed by atoms with E-state index >= 15 is 0 Å². The van der Waals surface area contributed by atoms with E-state index in [1.807, 2.05) is 36.4 Å². The molecule has 0 aliphatic carbocycles. The van der Waals surface area contributed by atoms with Crippen LogP contribution in [0.25, 0.3) is 6.08 Å². The first-order valence-electron chi connectivity index (χ1n) is 4.04. The van der Waals surface area contributed by atoms with Crippen molar-refractivity contribution in [3.05, 3.63) is 42.0 Å². The maximum absolute atomic E-state index is 9.39. The number of benzene rings is 1. The van der Waals surface area contributed by atoms with Crippen LogP contribution < -0.4 is 0 Å². The van der Waals surface area contributed by atoms with Crippen molar-refractivity contribution in [3.63, 3.8) is 0 Å². The maximum atomic E-state index is 9.39. The molecule has 0 aliphatic rings. The average molecular weight is 162 g/mol. The third-order valence-corrected chi connectivity index (χ3v) is 1.48. The molecule has 1 rings (SSSR count). The molecule has 1 aromatic rings. The van der Waals surface area contributed by atoms with E-state index in [1.165, 1.54) is 0 Å². The lowest BCUT2D eigenvalue weighted by molar-refractivity contribution is 0.134. The van der Waals surface area contributed by atoms with Gasteiger partial charge in [0.15, 0.2) is 0 Å². The Balaban J connectivity index is 2.71. The molecular weight excluding hydrogens is 148 g/mol. The highest BCUT2D eigenvalue weighted by atomic mass is 16.3. The molecule has 0 fully saturated rings. The fourth-order valence-corrected chi connectivity index (χ4v) is 0.864. The molecule has 0 atom stereocenters. The Morgan fingerprint density at radius 2 is 1.75 bits per heavy atom. The van der Waals surface area contributed by atoms with Crippen LogP contribution in [0.2, 0.25) is 0 Å². The summed E-state index contributed by atoms with van der Waals surface area (Å²) in [5, 5.41) is 9.39. The van der Waals surface area contributed by atoms with Crippen LogP contribution in [0.5, 0.6) is 0 Å². The van der Waals surface area contributed by atoms with E-state index in [9.17, 15) is 5.11 Å². The van der Waals surface area contributed by atoms with Crippen molar-refractivity contribution >= 4 is 6.08 Å². The Kier molecular flexibility index (Phi) is 2.66. The molecule has 1 aromatic carbocycles. The Morgan fingerprint density at radius 3 is 2.25 bits per heavy atom. The largest absolute Gasteiger partial charge is 0.386 e. The lowest BCUT2D eigenvalue weighted by atomic mass is 10.1. The summed E-state index contributed by atoms with van der Waals surface area (Å²) in [5.74, 6) is 0. The van der Waals surface area contributed by atoms with E-state index in [4.69, 9.17) is 0 Å². The molecule has 0 radical (unpaired) electrons. The second kappa shape index (κ2) is 3.55. The topological polar surface area (TPSA) is 20.2 Å². The van der Waals surface area contributed by atoms with Crippen molar-refractivity contribution in [2.24, 2.45) is 0 Å². The smallest absolute Gasteiger partial charge is 0.0774 e. The van der Waals surface area contributed by atoms with Crippen molar-refractivity contribution in [3.8, 4) is 0 Å². The van der Waals surface area contributed by atoms with Crippen LogP contribution in [-0.2, 0) is 0 Å². The van der Waals surface area contributed by atoms with Gasteiger partial charge < -0.3 is 5.11 Å². The number of hydrogen-bond donors (Lipinski definition) is 1. The number of aliphatic hydroxyl groups is 1. The zero-order chi connectivity index (χ0) is 9.03. The molecular formula is C11H14O. The molecule has 0 aromatic heterocycles. The zero-order valence-electron chi connectivity index (χ0n) is 7.49. The Morgan fingerprint density at radius 1 is 1.17 bits per heavy atom. The molecule has 12 heavy (non-hydrogen) atoms. The normalized spacial score (nSPS) is 12.2. The summed E-state index contributed by atoms with van der Waals surface area (Å²) < 4.78 is 0. The van der Waals surface area contributed by atoms with Gasteiger partial charge in [-0.3, -0.25) is 0 Å². The van der Waals surface area contributed by atoms with Crippen LogP contribution in [0.1, 0.15) is 19.4 Å². The van der Waals surface area contributed by atoms with Crippen LogP contribution in [0.3, 0.4) is 0 Å². The summed E-state index contributed by atoms with van der Waals surface area (Å²) in [7, 11) is 0. The third kappa shape index (κ3) is 3.35. The van der Waals surface area contributed by atoms with Crippen molar-refractivity contribution in [2.75, 3.05) is 0 Å². The van der Waals surface area contributed by atoms with Gasteiger partial charge in [-0.05, 0) is 19.4 Å². The van der Waals surface area contributed by atoms with Gasteiger partial charge in [-0.1, -0.05) is 42.5 Å². The van der Waals surface area contributed by atoms with E-state index in [2.05, 4.69) is 0 Å². The first kappa shape index (κ1) is 9.01. The second-order valence-electron chi connectivity index (χ2n) is 3.40. The first-order chi connectivity index (χ1) is 5.58. The predicted octanol–water partition coefficient (Wildman–Crippen LogP) is 2.47. The predicted molar refractivity (Wildman–Crippen MR) is 51.8 cm³/mol. The fraction of sp³-hybridized carbons (Fsp3) is 0.273. The van der Waals surface area contributed by atoms with Gasteiger partial charge in [0, 0.05) is 0 Å². The highest BCUT2D eigenvalue weighted by Crippen LogP contribution is 2.07.